The SMILES string of the molecule is COC(=O)c1cc(C(=O)OC)cc(-c2ccc(C=CC(N)=O)o2)c1. The van der Waals surface area contributed by atoms with E-state index in [1.54, 1.807) is 12.1 Å². The largest absolute Gasteiger partial charge is 0.465 e. The molecule has 0 atom stereocenters. The minimum atomic E-state index is -0.603. The second-order valence-corrected chi connectivity index (χ2v) is 4.72. The van der Waals surface area contributed by atoms with Gasteiger partial charge in [0.25, 0.3) is 0 Å². The number of furan rings is 1. The highest BCUT2D eigenvalue weighted by atomic mass is 16.5. The third-order valence-electron chi connectivity index (χ3n) is 3.10. The van der Waals surface area contributed by atoms with Gasteiger partial charge in [0.2, 0.25) is 5.91 Å². The van der Waals surface area contributed by atoms with Gasteiger partial charge in [0, 0.05) is 11.6 Å². The van der Waals surface area contributed by atoms with E-state index in [-0.39, 0.29) is 11.1 Å². The molecule has 0 saturated heterocycles. The number of nitrogens with two attached hydrogens (primary N) is 1. The van der Waals surface area contributed by atoms with Crippen LogP contribution in [0.15, 0.2) is 40.8 Å². The number of ether oxygens (including phenoxy) is 2. The number of hydrogen-bond acceptors (Lipinski definition) is 6. The summed E-state index contributed by atoms with van der Waals surface area (Å²) in [6.07, 6.45) is 2.57. The average Bonchev–Trinajstić information content (AvgIpc) is 3.07. The Balaban J connectivity index is 2.47. The summed E-state index contributed by atoms with van der Waals surface area (Å²) in [7, 11) is 2.49. The maximum atomic E-state index is 11.8. The number of primary amides is 1. The molecular formula is C17H15NO6. The highest BCUT2D eigenvalue weighted by molar-refractivity contribution is 5.97. The summed E-state index contributed by atoms with van der Waals surface area (Å²) in [5, 5.41) is 0. The van der Waals surface area contributed by atoms with Crippen LogP contribution in [0, 0.1) is 0 Å². The second-order valence-electron chi connectivity index (χ2n) is 4.72. The highest BCUT2D eigenvalue weighted by Gasteiger charge is 2.16. The van der Waals surface area contributed by atoms with Crippen molar-refractivity contribution in [1.82, 2.24) is 0 Å². The van der Waals surface area contributed by atoms with Crippen molar-refractivity contribution in [2.24, 2.45) is 5.73 Å². The fraction of sp³-hybridized carbons (Fsp3) is 0.118. The van der Waals surface area contributed by atoms with E-state index in [9.17, 15) is 14.4 Å². The molecule has 7 heteroatoms. The quantitative estimate of drug-likeness (QED) is 0.664. The summed E-state index contributed by atoms with van der Waals surface area (Å²) in [6, 6.07) is 7.69. The van der Waals surface area contributed by atoms with Gasteiger partial charge in [-0.25, -0.2) is 9.59 Å². The van der Waals surface area contributed by atoms with Gasteiger partial charge in [-0.05, 0) is 36.4 Å². The van der Waals surface area contributed by atoms with Crippen molar-refractivity contribution < 1.29 is 28.3 Å². The van der Waals surface area contributed by atoms with E-state index >= 15 is 0 Å². The topological polar surface area (TPSA) is 109 Å². The molecule has 0 spiro atoms. The molecule has 1 aromatic heterocycles. The first-order chi connectivity index (χ1) is 11.4. The van der Waals surface area contributed by atoms with E-state index in [4.69, 9.17) is 10.2 Å². The summed E-state index contributed by atoms with van der Waals surface area (Å²) < 4.78 is 14.9. The van der Waals surface area contributed by atoms with Crippen LogP contribution in [0.5, 0.6) is 0 Å². The van der Waals surface area contributed by atoms with Crippen molar-refractivity contribution in [1.29, 1.82) is 0 Å². The summed E-state index contributed by atoms with van der Waals surface area (Å²) >= 11 is 0. The zero-order valence-corrected chi connectivity index (χ0v) is 13.1. The monoisotopic (exact) mass is 329 g/mol. The maximum absolute atomic E-state index is 11.8. The van der Waals surface area contributed by atoms with Crippen LogP contribution in [0.1, 0.15) is 26.5 Å². The molecule has 2 rings (SSSR count). The van der Waals surface area contributed by atoms with Crippen LogP contribution in [-0.4, -0.2) is 32.1 Å². The number of benzene rings is 1. The minimum Gasteiger partial charge on any atom is -0.465 e. The van der Waals surface area contributed by atoms with Gasteiger partial charge in [-0.3, -0.25) is 4.79 Å². The third-order valence-corrected chi connectivity index (χ3v) is 3.10. The van der Waals surface area contributed by atoms with Crippen molar-refractivity contribution in [2.45, 2.75) is 0 Å². The highest BCUT2D eigenvalue weighted by Crippen LogP contribution is 2.26. The first kappa shape index (κ1) is 17.0. The molecule has 0 aliphatic heterocycles. The lowest BCUT2D eigenvalue weighted by molar-refractivity contribution is -0.113. The summed E-state index contributed by atoms with van der Waals surface area (Å²) in [6.45, 7) is 0. The molecule has 2 N–H and O–H groups in total. The van der Waals surface area contributed by atoms with E-state index in [1.807, 2.05) is 0 Å². The van der Waals surface area contributed by atoms with Gasteiger partial charge in [0.1, 0.15) is 11.5 Å². The molecule has 124 valence electrons. The van der Waals surface area contributed by atoms with Gasteiger partial charge in [-0.15, -0.1) is 0 Å². The first-order valence-electron chi connectivity index (χ1n) is 6.84. The summed E-state index contributed by atoms with van der Waals surface area (Å²) in [5.74, 6) is -1.000. The van der Waals surface area contributed by atoms with Crippen LogP contribution in [0.2, 0.25) is 0 Å². The number of esters is 2. The Morgan fingerprint density at radius 3 is 2.08 bits per heavy atom. The van der Waals surface area contributed by atoms with Crippen LogP contribution in [-0.2, 0) is 14.3 Å². The van der Waals surface area contributed by atoms with Crippen LogP contribution in [0.3, 0.4) is 0 Å². The molecular weight excluding hydrogens is 314 g/mol. The van der Waals surface area contributed by atoms with Crippen molar-refractivity contribution in [3.05, 3.63) is 53.3 Å². The Morgan fingerprint density at radius 1 is 1.00 bits per heavy atom. The lowest BCUT2D eigenvalue weighted by Crippen LogP contribution is -2.06. The van der Waals surface area contributed by atoms with E-state index in [2.05, 4.69) is 9.47 Å². The molecule has 0 bridgehead atoms. The van der Waals surface area contributed by atoms with E-state index < -0.39 is 17.8 Å². The number of rotatable bonds is 5. The third kappa shape index (κ3) is 3.89. The average molecular weight is 329 g/mol. The molecule has 0 radical (unpaired) electrons. The second kappa shape index (κ2) is 7.28. The molecule has 1 amide bonds. The van der Waals surface area contributed by atoms with Crippen LogP contribution in [0.25, 0.3) is 17.4 Å². The number of hydrogen-bond donors (Lipinski definition) is 1. The number of methoxy groups -OCH3 is 2. The van der Waals surface area contributed by atoms with Crippen molar-refractivity contribution in [3.8, 4) is 11.3 Å². The summed E-state index contributed by atoms with van der Waals surface area (Å²) in [5.41, 5.74) is 5.87. The first-order valence-corrected chi connectivity index (χ1v) is 6.84. The number of carbonyl (C=O) groups excluding carboxylic acids is 3. The van der Waals surface area contributed by atoms with Gasteiger partial charge >= 0.3 is 11.9 Å². The Bertz CT molecular complexity index is 784. The van der Waals surface area contributed by atoms with Gasteiger partial charge < -0.3 is 19.6 Å². The predicted octanol–water partition coefficient (Wildman–Crippen LogP) is 2.02. The Morgan fingerprint density at radius 2 is 1.58 bits per heavy atom. The molecule has 0 unspecified atom stereocenters. The maximum Gasteiger partial charge on any atom is 0.337 e. The lowest BCUT2D eigenvalue weighted by Gasteiger charge is -2.06. The molecule has 0 aliphatic rings. The molecule has 1 heterocycles. The molecule has 24 heavy (non-hydrogen) atoms. The molecule has 1 aromatic carbocycles. The van der Waals surface area contributed by atoms with E-state index in [0.29, 0.717) is 17.1 Å². The van der Waals surface area contributed by atoms with Crippen molar-refractivity contribution >= 4 is 23.9 Å². The molecule has 0 saturated carbocycles. The normalized spacial score (nSPS) is 10.6. The van der Waals surface area contributed by atoms with Crippen LogP contribution in [0.4, 0.5) is 0 Å². The Kier molecular flexibility index (Phi) is 5.16. The van der Waals surface area contributed by atoms with Crippen LogP contribution < -0.4 is 5.73 Å². The van der Waals surface area contributed by atoms with Gasteiger partial charge in [-0.2, -0.15) is 0 Å². The van der Waals surface area contributed by atoms with Crippen LogP contribution >= 0.6 is 0 Å². The minimum absolute atomic E-state index is 0.182. The van der Waals surface area contributed by atoms with Gasteiger partial charge in [-0.1, -0.05) is 0 Å². The van der Waals surface area contributed by atoms with Crippen molar-refractivity contribution in [3.63, 3.8) is 0 Å². The van der Waals surface area contributed by atoms with E-state index in [0.717, 1.165) is 6.08 Å². The number of carbonyl (C=O) groups is 3. The predicted molar refractivity (Wildman–Crippen MR) is 85.1 cm³/mol. The number of amides is 1. The standard InChI is InChI=1S/C17H15NO6/c1-22-16(20)11-7-10(8-12(9-11)17(21)23-2)14-5-3-13(24-14)4-6-15(18)19/h3-9H,1-2H3,(H2,18,19). The fourth-order valence-corrected chi connectivity index (χ4v) is 2.00. The van der Waals surface area contributed by atoms with E-state index in [1.165, 1.54) is 38.5 Å². The van der Waals surface area contributed by atoms with Crippen molar-refractivity contribution in [2.75, 3.05) is 14.2 Å². The van der Waals surface area contributed by atoms with Gasteiger partial charge in [0.05, 0.1) is 25.3 Å². The molecule has 7 nitrogen and oxygen atoms in total. The molecule has 0 fully saturated rings. The zero-order chi connectivity index (χ0) is 17.7. The molecule has 2 aromatic rings. The Labute approximate surface area is 137 Å². The zero-order valence-electron chi connectivity index (χ0n) is 13.1. The Hall–Kier alpha value is -3.35. The smallest absolute Gasteiger partial charge is 0.337 e. The lowest BCUT2D eigenvalue weighted by atomic mass is 10.0. The molecule has 0 aliphatic carbocycles. The summed E-state index contributed by atoms with van der Waals surface area (Å²) in [4.78, 5) is 34.3. The fourth-order valence-electron chi connectivity index (χ4n) is 2.00. The van der Waals surface area contributed by atoms with Gasteiger partial charge in [0.15, 0.2) is 0 Å².